The summed E-state index contributed by atoms with van der Waals surface area (Å²) in [6, 6.07) is 8.42. The topological polar surface area (TPSA) is 50.9 Å². The first kappa shape index (κ1) is 10.9. The number of nitrogens with zero attached hydrogens (tertiary/aromatic N) is 1. The largest absolute Gasteiger partial charge is 0.308 e. The highest BCUT2D eigenvalue weighted by atomic mass is 15.2. The fourth-order valence-corrected chi connectivity index (χ4v) is 1.92. The molecule has 3 heteroatoms. The van der Waals surface area contributed by atoms with Gasteiger partial charge in [-0.2, -0.15) is 0 Å². The molecule has 1 aromatic heterocycles. The molecule has 2 rings (SSSR count). The lowest BCUT2D eigenvalue weighted by Gasteiger charge is -2.09. The lowest BCUT2D eigenvalue weighted by Crippen LogP contribution is -2.11. The van der Waals surface area contributed by atoms with Crippen LogP contribution in [0.3, 0.4) is 0 Å². The Balaban J connectivity index is 2.60. The summed E-state index contributed by atoms with van der Waals surface area (Å²) in [6.45, 7) is 4.24. The highest BCUT2D eigenvalue weighted by Crippen LogP contribution is 2.22. The van der Waals surface area contributed by atoms with E-state index in [1.165, 1.54) is 16.5 Å². The molecule has 0 spiro atoms. The Bertz CT molecular complexity index is 506. The number of nitrogen functional groups attached to an aromatic ring is 1. The van der Waals surface area contributed by atoms with Crippen molar-refractivity contribution in [3.05, 3.63) is 35.4 Å². The lowest BCUT2D eigenvalue weighted by molar-refractivity contribution is 0.917. The zero-order valence-corrected chi connectivity index (χ0v) is 9.75. The Morgan fingerprint density at radius 1 is 1.31 bits per heavy atom. The van der Waals surface area contributed by atoms with Crippen LogP contribution in [0.15, 0.2) is 24.3 Å². The van der Waals surface area contributed by atoms with Gasteiger partial charge in [0.15, 0.2) is 0 Å². The monoisotopic (exact) mass is 215 g/mol. The molecule has 0 saturated carbocycles. The van der Waals surface area contributed by atoms with E-state index >= 15 is 0 Å². The number of benzene rings is 1. The van der Waals surface area contributed by atoms with Crippen LogP contribution < -0.4 is 11.3 Å². The number of anilines is 1. The third kappa shape index (κ3) is 1.99. The Hall–Kier alpha value is -1.61. The Labute approximate surface area is 95.7 Å². The van der Waals surface area contributed by atoms with E-state index in [0.29, 0.717) is 0 Å². The van der Waals surface area contributed by atoms with Gasteiger partial charge >= 0.3 is 0 Å². The Kier molecular flexibility index (Phi) is 3.06. The number of aromatic nitrogens is 1. The smallest absolute Gasteiger partial charge is 0.143 e. The van der Waals surface area contributed by atoms with Gasteiger partial charge in [0, 0.05) is 5.39 Å². The first-order valence-corrected chi connectivity index (χ1v) is 5.61. The molecule has 0 amide bonds. The quantitative estimate of drug-likeness (QED) is 0.611. The van der Waals surface area contributed by atoms with Gasteiger partial charge in [0.25, 0.3) is 0 Å². The normalized spacial score (nSPS) is 10.7. The fourth-order valence-electron chi connectivity index (χ4n) is 1.92. The van der Waals surface area contributed by atoms with Crippen molar-refractivity contribution in [2.75, 3.05) is 5.43 Å². The minimum atomic E-state index is 0.790. The number of pyridine rings is 1. The molecule has 0 fully saturated rings. The minimum absolute atomic E-state index is 0.790. The molecule has 0 aliphatic heterocycles. The summed E-state index contributed by atoms with van der Waals surface area (Å²) in [5, 5.41) is 1.18. The van der Waals surface area contributed by atoms with Crippen molar-refractivity contribution >= 4 is 16.7 Å². The van der Waals surface area contributed by atoms with Crippen LogP contribution in [0.1, 0.15) is 24.5 Å². The molecule has 0 aliphatic carbocycles. The van der Waals surface area contributed by atoms with Crippen LogP contribution in [0.25, 0.3) is 10.9 Å². The van der Waals surface area contributed by atoms with Gasteiger partial charge in [0.1, 0.15) is 5.82 Å². The average molecular weight is 215 g/mol. The van der Waals surface area contributed by atoms with Crippen LogP contribution in [0.4, 0.5) is 5.82 Å². The predicted octanol–water partition coefficient (Wildman–Crippen LogP) is 2.78. The van der Waals surface area contributed by atoms with Gasteiger partial charge in [0.05, 0.1) is 5.52 Å². The first-order valence-electron chi connectivity index (χ1n) is 5.61. The zero-order valence-electron chi connectivity index (χ0n) is 9.75. The number of aryl methyl sites for hydroxylation is 2. The number of nitrogens with one attached hydrogen (secondary N) is 1. The molecule has 0 atom stereocenters. The molecule has 0 bridgehead atoms. The summed E-state index contributed by atoms with van der Waals surface area (Å²) in [4.78, 5) is 4.52. The second-order valence-electron chi connectivity index (χ2n) is 4.09. The molecule has 16 heavy (non-hydrogen) atoms. The first-order chi connectivity index (χ1) is 7.74. The van der Waals surface area contributed by atoms with E-state index < -0.39 is 0 Å². The van der Waals surface area contributed by atoms with Crippen LogP contribution in [0.5, 0.6) is 0 Å². The summed E-state index contributed by atoms with van der Waals surface area (Å²) in [7, 11) is 0. The maximum Gasteiger partial charge on any atom is 0.143 e. The van der Waals surface area contributed by atoms with Crippen LogP contribution in [0, 0.1) is 6.92 Å². The van der Waals surface area contributed by atoms with Gasteiger partial charge in [-0.15, -0.1) is 0 Å². The van der Waals surface area contributed by atoms with E-state index in [4.69, 9.17) is 5.84 Å². The second-order valence-corrected chi connectivity index (χ2v) is 4.09. The van der Waals surface area contributed by atoms with Crippen LogP contribution in [-0.2, 0) is 6.42 Å². The number of hydrazine groups is 1. The molecular weight excluding hydrogens is 198 g/mol. The molecule has 0 saturated heterocycles. The van der Waals surface area contributed by atoms with E-state index in [1.807, 2.05) is 6.07 Å². The van der Waals surface area contributed by atoms with Gasteiger partial charge in [-0.3, -0.25) is 0 Å². The molecule has 3 N–H and O–H groups in total. The van der Waals surface area contributed by atoms with Gasteiger partial charge in [-0.1, -0.05) is 25.0 Å². The molecule has 84 valence electrons. The van der Waals surface area contributed by atoms with Crippen LogP contribution in [0.2, 0.25) is 0 Å². The fraction of sp³-hybridized carbons (Fsp3) is 0.308. The summed E-state index contributed by atoms with van der Waals surface area (Å²) in [6.07, 6.45) is 2.09. The third-order valence-electron chi connectivity index (χ3n) is 2.71. The van der Waals surface area contributed by atoms with Crippen molar-refractivity contribution in [2.45, 2.75) is 26.7 Å². The van der Waals surface area contributed by atoms with E-state index in [2.05, 4.69) is 42.5 Å². The molecular formula is C13H17N3. The molecule has 1 heterocycles. The maximum absolute atomic E-state index is 5.49. The molecule has 0 unspecified atom stereocenters. The summed E-state index contributed by atoms with van der Waals surface area (Å²) in [5.41, 5.74) is 6.10. The van der Waals surface area contributed by atoms with Crippen molar-refractivity contribution in [3.63, 3.8) is 0 Å². The number of fused-ring (bicyclic) bond motifs is 1. The van der Waals surface area contributed by atoms with Gasteiger partial charge in [-0.05, 0) is 37.1 Å². The highest BCUT2D eigenvalue weighted by Gasteiger charge is 2.05. The molecule has 0 radical (unpaired) electrons. The lowest BCUT2D eigenvalue weighted by atomic mass is 10.1. The third-order valence-corrected chi connectivity index (χ3v) is 2.71. The van der Waals surface area contributed by atoms with Gasteiger partial charge in [-0.25, -0.2) is 10.8 Å². The predicted molar refractivity (Wildman–Crippen MR) is 68.3 cm³/mol. The second kappa shape index (κ2) is 4.49. The van der Waals surface area contributed by atoms with Crippen molar-refractivity contribution < 1.29 is 0 Å². The van der Waals surface area contributed by atoms with Crippen molar-refractivity contribution in [2.24, 2.45) is 5.84 Å². The van der Waals surface area contributed by atoms with E-state index in [9.17, 15) is 0 Å². The van der Waals surface area contributed by atoms with E-state index in [1.54, 1.807) is 0 Å². The summed E-state index contributed by atoms with van der Waals surface area (Å²) < 4.78 is 0. The Morgan fingerprint density at radius 2 is 2.12 bits per heavy atom. The van der Waals surface area contributed by atoms with Crippen LogP contribution >= 0.6 is 0 Å². The van der Waals surface area contributed by atoms with Gasteiger partial charge in [0.2, 0.25) is 0 Å². The SMILES string of the molecule is CCCc1cc2cc(C)ccc2nc1NN. The van der Waals surface area contributed by atoms with Crippen LogP contribution in [-0.4, -0.2) is 4.98 Å². The number of rotatable bonds is 3. The summed E-state index contributed by atoms with van der Waals surface area (Å²) in [5.74, 6) is 6.28. The number of nitrogens with two attached hydrogens (primary N) is 1. The molecule has 1 aromatic carbocycles. The van der Waals surface area contributed by atoms with Crippen molar-refractivity contribution in [1.82, 2.24) is 4.98 Å². The standard InChI is InChI=1S/C13H17N3/c1-3-4-10-8-11-7-9(2)5-6-12(11)15-13(10)16-14/h5-8H,3-4,14H2,1-2H3,(H,15,16). The highest BCUT2D eigenvalue weighted by molar-refractivity contribution is 5.82. The van der Waals surface area contributed by atoms with Crippen molar-refractivity contribution in [3.8, 4) is 0 Å². The Morgan fingerprint density at radius 3 is 2.81 bits per heavy atom. The number of hydrogen-bond donors (Lipinski definition) is 2. The van der Waals surface area contributed by atoms with Gasteiger partial charge < -0.3 is 5.43 Å². The van der Waals surface area contributed by atoms with E-state index in [0.717, 1.165) is 24.2 Å². The number of hydrogen-bond acceptors (Lipinski definition) is 3. The minimum Gasteiger partial charge on any atom is -0.308 e. The summed E-state index contributed by atoms with van der Waals surface area (Å²) >= 11 is 0. The average Bonchev–Trinajstić information content (AvgIpc) is 2.28. The van der Waals surface area contributed by atoms with E-state index in [-0.39, 0.29) is 0 Å². The molecule has 2 aromatic rings. The zero-order chi connectivity index (χ0) is 11.5. The van der Waals surface area contributed by atoms with Crippen molar-refractivity contribution in [1.29, 1.82) is 0 Å². The molecule has 0 aliphatic rings. The maximum atomic E-state index is 5.49. The molecule has 3 nitrogen and oxygen atoms in total.